The lowest BCUT2D eigenvalue weighted by molar-refractivity contribution is -0.344. The standard InChI is InChI=1S/C91H150N2/c1-4-7-10-13-16-19-22-25-28-31-34-37-40-41-42-45-48-51-54-57-60-63-66-69-72-81-87-84-90(88-82-75-73-79-85(88)77-70-67-64-61-58-55-52-49-46-43-38-35-32-29-26-23-20-17-14-11-8-5-2)93(92)91(87)89-83-76-74-80-86(89)78-71-68-65-62-59-56-53-50-47-44-39-36-33-30-27-24-21-18-15-12-9-6-3/h73-76,79-80,82-84H,4-60,63,66-71,77-78H2,1-3H3. The van der Waals surface area contributed by atoms with Crippen LogP contribution in [0.3, 0.4) is 0 Å². The van der Waals surface area contributed by atoms with E-state index in [0.717, 1.165) is 92.3 Å². The van der Waals surface area contributed by atoms with Gasteiger partial charge in [-0.1, -0.05) is 416 Å². The fourth-order valence-corrected chi connectivity index (χ4v) is 14.1. The highest BCUT2D eigenvalue weighted by Crippen LogP contribution is 2.38. The van der Waals surface area contributed by atoms with Crippen molar-refractivity contribution in [1.82, 2.24) is 0 Å². The quantitative estimate of drug-likeness (QED) is 0.0358. The van der Waals surface area contributed by atoms with Gasteiger partial charge in [-0.2, -0.15) is 0 Å². The molecule has 93 heavy (non-hydrogen) atoms. The zero-order valence-corrected chi connectivity index (χ0v) is 62.3. The first kappa shape index (κ1) is 83.4. The van der Waals surface area contributed by atoms with Crippen LogP contribution in [-0.4, -0.2) is 4.70 Å². The fourth-order valence-electron chi connectivity index (χ4n) is 14.1. The SMILES string of the molecule is CCCCCCCCCCCCCCCCCCCC#CCCCc1ccccc1C1=CC(C#CCCCCCCCCCCCCCCCCCCCCCCCCC)=C(c2ccccc2CCCC#CCCCCCCCCCCCCCCCCCCC)[N+]1=[N-]. The number of unbranched alkanes of at least 4 members (excludes halogenated alkanes) is 59. The minimum atomic E-state index is 0.826. The second-order valence-corrected chi connectivity index (χ2v) is 29.0. The van der Waals surface area contributed by atoms with Crippen molar-refractivity contribution < 1.29 is 4.70 Å². The molecular weight excluding hydrogens is 1120 g/mol. The fraction of sp³-hybridized carbons (Fsp3) is 0.758. The molecule has 0 unspecified atom stereocenters. The number of benzene rings is 2. The third kappa shape index (κ3) is 47.7. The summed E-state index contributed by atoms with van der Waals surface area (Å²) in [4.78, 5) is 0. The Kier molecular flexibility index (Phi) is 58.7. The normalized spacial score (nSPS) is 12.1. The molecule has 0 saturated heterocycles. The maximum absolute atomic E-state index is 12.4. The summed E-state index contributed by atoms with van der Waals surface area (Å²) in [5.74, 6) is 21.3. The molecule has 0 aromatic heterocycles. The smallest absolute Gasteiger partial charge is 0.223 e. The van der Waals surface area contributed by atoms with E-state index < -0.39 is 0 Å². The van der Waals surface area contributed by atoms with Gasteiger partial charge in [-0.15, -0.1) is 23.7 Å². The molecule has 1 aliphatic rings. The molecule has 1 heterocycles. The molecule has 0 spiro atoms. The number of hydrogen-bond donors (Lipinski definition) is 0. The highest BCUT2D eigenvalue weighted by molar-refractivity contribution is 5.83. The van der Waals surface area contributed by atoms with Crippen molar-refractivity contribution in [3.05, 3.63) is 88.0 Å². The maximum Gasteiger partial charge on any atom is 0.223 e. The summed E-state index contributed by atoms with van der Waals surface area (Å²) in [7, 11) is 0. The van der Waals surface area contributed by atoms with Gasteiger partial charge in [0.15, 0.2) is 0 Å². The Morgan fingerprint density at radius 2 is 0.484 bits per heavy atom. The molecule has 2 heteroatoms. The highest BCUT2D eigenvalue weighted by atomic mass is 15.2. The molecule has 0 bridgehead atoms. The molecule has 0 N–H and O–H groups in total. The molecule has 2 aromatic rings. The van der Waals surface area contributed by atoms with Gasteiger partial charge in [0.2, 0.25) is 11.4 Å². The van der Waals surface area contributed by atoms with Crippen molar-refractivity contribution in [2.45, 2.75) is 445 Å². The summed E-state index contributed by atoms with van der Waals surface area (Å²) >= 11 is 0. The molecule has 1 aliphatic heterocycles. The molecule has 0 atom stereocenters. The van der Waals surface area contributed by atoms with Crippen LogP contribution in [0.15, 0.2) is 60.2 Å². The van der Waals surface area contributed by atoms with Crippen molar-refractivity contribution in [3.8, 4) is 35.5 Å². The summed E-state index contributed by atoms with van der Waals surface area (Å²) in [6.45, 7) is 6.92. The number of allylic oxidation sites excluding steroid dienone is 2. The average molecular weight is 1270 g/mol. The Labute approximate surface area is 580 Å². The van der Waals surface area contributed by atoms with Gasteiger partial charge in [0.1, 0.15) is 5.57 Å². The van der Waals surface area contributed by atoms with E-state index in [4.69, 9.17) is 0 Å². The lowest BCUT2D eigenvalue weighted by Crippen LogP contribution is -2.06. The first-order valence-corrected chi connectivity index (χ1v) is 41.7. The minimum Gasteiger partial charge on any atom is -0.493 e. The molecule has 0 aliphatic carbocycles. The predicted octanol–water partition coefficient (Wildman–Crippen LogP) is 30.6. The van der Waals surface area contributed by atoms with E-state index in [9.17, 15) is 5.53 Å². The Bertz CT molecular complexity index is 2290. The summed E-state index contributed by atoms with van der Waals surface area (Å²) in [5.41, 5.74) is 19.6. The zero-order chi connectivity index (χ0) is 65.9. The van der Waals surface area contributed by atoms with Gasteiger partial charge in [0.25, 0.3) is 0 Å². The first-order valence-electron chi connectivity index (χ1n) is 41.7. The molecule has 0 radical (unpaired) electrons. The monoisotopic (exact) mass is 1270 g/mol. The largest absolute Gasteiger partial charge is 0.493 e. The van der Waals surface area contributed by atoms with Crippen LogP contribution >= 0.6 is 0 Å². The van der Waals surface area contributed by atoms with Crippen LogP contribution in [0.25, 0.3) is 16.9 Å². The third-order valence-corrected chi connectivity index (χ3v) is 20.2. The number of hydrogen-bond acceptors (Lipinski definition) is 0. The van der Waals surface area contributed by atoms with Crippen LogP contribution < -0.4 is 0 Å². The zero-order valence-electron chi connectivity index (χ0n) is 62.3. The van der Waals surface area contributed by atoms with E-state index in [-0.39, 0.29) is 0 Å². The Hall–Kier alpha value is -3.80. The van der Waals surface area contributed by atoms with E-state index in [1.165, 1.54) is 375 Å². The molecule has 2 aromatic carbocycles. The van der Waals surface area contributed by atoms with Crippen LogP contribution in [0.2, 0.25) is 0 Å². The molecule has 0 amide bonds. The number of nitrogens with zero attached hydrogens (tertiary/aromatic N) is 2. The molecule has 2 nitrogen and oxygen atoms in total. The van der Waals surface area contributed by atoms with E-state index >= 15 is 0 Å². The molecule has 0 saturated carbocycles. The van der Waals surface area contributed by atoms with Crippen LogP contribution in [0.1, 0.15) is 454 Å². The van der Waals surface area contributed by atoms with Crippen LogP contribution in [0, 0.1) is 35.5 Å². The van der Waals surface area contributed by atoms with E-state index in [1.807, 2.05) is 0 Å². The van der Waals surface area contributed by atoms with Crippen molar-refractivity contribution in [1.29, 1.82) is 0 Å². The van der Waals surface area contributed by atoms with Gasteiger partial charge < -0.3 is 5.53 Å². The third-order valence-electron chi connectivity index (χ3n) is 20.2. The van der Waals surface area contributed by atoms with Crippen molar-refractivity contribution in [2.75, 3.05) is 0 Å². The van der Waals surface area contributed by atoms with Gasteiger partial charge in [0, 0.05) is 43.7 Å². The van der Waals surface area contributed by atoms with Crippen molar-refractivity contribution >= 4 is 11.4 Å². The Morgan fingerprint density at radius 3 is 0.774 bits per heavy atom. The molecule has 3 rings (SSSR count). The molecule has 524 valence electrons. The highest BCUT2D eigenvalue weighted by Gasteiger charge is 2.31. The lowest BCUT2D eigenvalue weighted by Gasteiger charge is -2.14. The minimum absolute atomic E-state index is 0.826. The summed E-state index contributed by atoms with van der Waals surface area (Å²) < 4.78 is 1.47. The summed E-state index contributed by atoms with van der Waals surface area (Å²) in [5, 5.41) is 0. The maximum atomic E-state index is 12.4. The second-order valence-electron chi connectivity index (χ2n) is 29.0. The lowest BCUT2D eigenvalue weighted by atomic mass is 9.97. The topological polar surface area (TPSA) is 25.3 Å². The van der Waals surface area contributed by atoms with Gasteiger partial charge in [-0.3, -0.25) is 0 Å². The van der Waals surface area contributed by atoms with Gasteiger partial charge >= 0.3 is 0 Å². The number of rotatable bonds is 65. The van der Waals surface area contributed by atoms with Crippen LogP contribution in [0.4, 0.5) is 0 Å². The second kappa shape index (κ2) is 65.5. The summed E-state index contributed by atoms with van der Waals surface area (Å²) in [6.07, 6.45) is 90.9. The van der Waals surface area contributed by atoms with Crippen molar-refractivity contribution in [2.24, 2.45) is 0 Å². The van der Waals surface area contributed by atoms with Gasteiger partial charge in [-0.05, 0) is 68.2 Å². The average Bonchev–Trinajstić information content (AvgIpc) is 1.64. The van der Waals surface area contributed by atoms with Crippen molar-refractivity contribution in [3.63, 3.8) is 0 Å². The van der Waals surface area contributed by atoms with E-state index in [1.54, 1.807) is 0 Å². The predicted molar refractivity (Wildman–Crippen MR) is 415 cm³/mol. The van der Waals surface area contributed by atoms with Gasteiger partial charge in [0.05, 0.1) is 5.56 Å². The Morgan fingerprint density at radius 1 is 0.258 bits per heavy atom. The Balaban J connectivity index is 1.42. The number of aryl methyl sites for hydroxylation is 2. The first-order chi connectivity index (χ1) is 46.2. The summed E-state index contributed by atoms with van der Waals surface area (Å²) in [6, 6.07) is 17.4. The van der Waals surface area contributed by atoms with E-state index in [0.29, 0.717) is 0 Å². The van der Waals surface area contributed by atoms with Gasteiger partial charge in [-0.25, -0.2) is 4.70 Å². The molecular formula is C91H150N2. The van der Waals surface area contributed by atoms with Crippen LogP contribution in [-0.2, 0) is 12.8 Å². The van der Waals surface area contributed by atoms with Crippen LogP contribution in [0.5, 0.6) is 0 Å². The van der Waals surface area contributed by atoms with E-state index in [2.05, 4.69) is 111 Å². The molecule has 0 fully saturated rings.